The molecule has 190 valence electrons. The maximum absolute atomic E-state index is 14.0. The van der Waals surface area contributed by atoms with E-state index in [4.69, 9.17) is 21.4 Å². The van der Waals surface area contributed by atoms with Gasteiger partial charge in [-0.05, 0) is 73.2 Å². The Morgan fingerprint density at radius 1 is 0.974 bits per heavy atom. The summed E-state index contributed by atoms with van der Waals surface area (Å²) in [6.07, 6.45) is 2.03. The summed E-state index contributed by atoms with van der Waals surface area (Å²) in [5, 5.41) is 8.58. The van der Waals surface area contributed by atoms with Gasteiger partial charge in [0.25, 0.3) is 0 Å². The van der Waals surface area contributed by atoms with Gasteiger partial charge in [-0.2, -0.15) is 5.10 Å². The van der Waals surface area contributed by atoms with E-state index in [9.17, 15) is 4.79 Å². The number of amides is 2. The van der Waals surface area contributed by atoms with E-state index in [1.54, 1.807) is 31.4 Å². The smallest absolute Gasteiger partial charge is 0.322 e. The summed E-state index contributed by atoms with van der Waals surface area (Å²) >= 11 is 6.07. The van der Waals surface area contributed by atoms with Crippen molar-refractivity contribution >= 4 is 23.3 Å². The van der Waals surface area contributed by atoms with Crippen LogP contribution in [0.1, 0.15) is 28.6 Å². The van der Waals surface area contributed by atoms with E-state index in [0.717, 1.165) is 39.8 Å². The van der Waals surface area contributed by atoms with Gasteiger partial charge in [0.2, 0.25) is 0 Å². The van der Waals surface area contributed by atoms with Gasteiger partial charge in [0.1, 0.15) is 11.6 Å². The van der Waals surface area contributed by atoms with Gasteiger partial charge in [-0.15, -0.1) is 0 Å². The summed E-state index contributed by atoms with van der Waals surface area (Å²) in [5.74, 6) is 1.68. The minimum absolute atomic E-state index is 0.222. The lowest BCUT2D eigenvalue weighted by atomic mass is 10.0. The van der Waals surface area contributed by atoms with E-state index < -0.39 is 0 Å². The molecule has 38 heavy (non-hydrogen) atoms. The van der Waals surface area contributed by atoms with Crippen molar-refractivity contribution in [3.63, 3.8) is 0 Å². The lowest BCUT2D eigenvalue weighted by Crippen LogP contribution is -2.38. The number of rotatable bonds is 4. The van der Waals surface area contributed by atoms with Crippen LogP contribution in [0.4, 0.5) is 10.5 Å². The molecule has 1 aliphatic heterocycles. The number of urea groups is 1. The van der Waals surface area contributed by atoms with Gasteiger partial charge < -0.3 is 19.5 Å². The molecule has 0 fully saturated rings. The molecule has 0 saturated heterocycles. The van der Waals surface area contributed by atoms with Gasteiger partial charge >= 0.3 is 6.03 Å². The first-order chi connectivity index (χ1) is 18.5. The van der Waals surface area contributed by atoms with Crippen LogP contribution in [0.2, 0.25) is 5.02 Å². The predicted octanol–water partition coefficient (Wildman–Crippen LogP) is 6.77. The van der Waals surface area contributed by atoms with Crippen LogP contribution in [-0.2, 0) is 6.54 Å². The third kappa shape index (κ3) is 4.21. The Labute approximate surface area is 225 Å². The molecule has 2 amide bonds. The molecule has 5 aromatic rings. The molecule has 3 aromatic carbocycles. The number of nitrogens with one attached hydrogen (secondary N) is 1. The highest BCUT2D eigenvalue weighted by Gasteiger charge is 2.36. The minimum atomic E-state index is -0.362. The molecule has 2 aromatic heterocycles. The molecule has 1 N–H and O–H groups in total. The maximum Gasteiger partial charge on any atom is 0.322 e. The number of nitrogens with zero attached hydrogens (tertiary/aromatic N) is 4. The summed E-state index contributed by atoms with van der Waals surface area (Å²) in [4.78, 5) is 15.8. The van der Waals surface area contributed by atoms with E-state index in [-0.39, 0.29) is 12.1 Å². The lowest BCUT2D eigenvalue weighted by Gasteiger charge is -2.31. The number of hydrogen-bond acceptors (Lipinski definition) is 3. The quantitative estimate of drug-likeness (QED) is 0.283. The van der Waals surface area contributed by atoms with E-state index in [2.05, 4.69) is 16.0 Å². The number of ether oxygens (including phenoxy) is 1. The standard InChI is InChI=1S/C30H26ClN5O2/c1-20-26-19-35(30(37)32-23-14-12-22(31)13-15-23)28(21-10-16-25(38-2)17-11-21)27-9-6-18-34(27)29(26)36(33-20)24-7-4-3-5-8-24/h3-18,28H,19H2,1-2H3,(H,32,37)/t28-/m0/s1. The summed E-state index contributed by atoms with van der Waals surface area (Å²) in [5.41, 5.74) is 5.40. The Balaban J connectivity index is 1.52. The number of aromatic nitrogens is 3. The third-order valence-corrected chi connectivity index (χ3v) is 7.13. The number of methoxy groups -OCH3 is 1. The molecule has 6 rings (SSSR count). The topological polar surface area (TPSA) is 64.3 Å². The van der Waals surface area contributed by atoms with Crippen molar-refractivity contribution in [1.29, 1.82) is 0 Å². The molecular weight excluding hydrogens is 498 g/mol. The molecule has 0 radical (unpaired) electrons. The van der Waals surface area contributed by atoms with Crippen molar-refractivity contribution in [3.05, 3.63) is 125 Å². The second-order valence-electron chi connectivity index (χ2n) is 9.18. The second kappa shape index (κ2) is 9.76. The number of carbonyl (C=O) groups is 1. The Bertz CT molecular complexity index is 1590. The van der Waals surface area contributed by atoms with Crippen LogP contribution >= 0.6 is 11.6 Å². The fraction of sp³-hybridized carbons (Fsp3) is 0.133. The van der Waals surface area contributed by atoms with Gasteiger partial charge in [0, 0.05) is 22.5 Å². The van der Waals surface area contributed by atoms with Crippen molar-refractivity contribution in [3.8, 4) is 17.3 Å². The molecule has 3 heterocycles. The summed E-state index contributed by atoms with van der Waals surface area (Å²) in [6.45, 7) is 2.36. The number of halogens is 1. The Kier molecular flexibility index (Phi) is 6.13. The summed E-state index contributed by atoms with van der Waals surface area (Å²) in [7, 11) is 1.65. The number of carbonyl (C=O) groups excluding carboxylic acids is 1. The van der Waals surface area contributed by atoms with E-state index in [1.165, 1.54) is 0 Å². The average Bonchev–Trinajstić information content (AvgIpc) is 3.51. The molecule has 0 unspecified atom stereocenters. The third-order valence-electron chi connectivity index (χ3n) is 6.87. The van der Waals surface area contributed by atoms with Crippen molar-refractivity contribution in [1.82, 2.24) is 19.2 Å². The SMILES string of the molecule is COc1ccc([C@H]2c3cccn3-c3c(c(C)nn3-c3ccccc3)CN2C(=O)Nc2ccc(Cl)cc2)cc1. The molecule has 0 bridgehead atoms. The van der Waals surface area contributed by atoms with Gasteiger partial charge in [0.05, 0.1) is 36.8 Å². The zero-order valence-electron chi connectivity index (χ0n) is 21.0. The first-order valence-corrected chi connectivity index (χ1v) is 12.7. The largest absolute Gasteiger partial charge is 0.497 e. The monoisotopic (exact) mass is 523 g/mol. The number of hydrogen-bond donors (Lipinski definition) is 1. The molecule has 7 nitrogen and oxygen atoms in total. The van der Waals surface area contributed by atoms with Gasteiger partial charge in [-0.25, -0.2) is 9.48 Å². The van der Waals surface area contributed by atoms with Crippen LogP contribution in [0, 0.1) is 6.92 Å². The first-order valence-electron chi connectivity index (χ1n) is 12.3. The summed E-state index contributed by atoms with van der Waals surface area (Å²) < 4.78 is 9.50. The van der Waals surface area contributed by atoms with Crippen molar-refractivity contribution in [2.75, 3.05) is 12.4 Å². The molecular formula is C30H26ClN5O2. The normalized spacial score (nSPS) is 14.4. The van der Waals surface area contributed by atoms with Crippen LogP contribution in [-0.4, -0.2) is 32.4 Å². The molecule has 0 spiro atoms. The number of anilines is 1. The zero-order valence-corrected chi connectivity index (χ0v) is 21.8. The Morgan fingerprint density at radius 3 is 2.42 bits per heavy atom. The fourth-order valence-electron chi connectivity index (χ4n) is 5.01. The maximum atomic E-state index is 14.0. The predicted molar refractivity (Wildman–Crippen MR) is 148 cm³/mol. The van der Waals surface area contributed by atoms with E-state index in [1.807, 2.05) is 83.4 Å². The van der Waals surface area contributed by atoms with Crippen LogP contribution < -0.4 is 10.1 Å². The highest BCUT2D eigenvalue weighted by atomic mass is 35.5. The highest BCUT2D eigenvalue weighted by Crippen LogP contribution is 2.39. The van der Waals surface area contributed by atoms with Crippen LogP contribution in [0.5, 0.6) is 5.75 Å². The Hall–Kier alpha value is -4.49. The zero-order chi connectivity index (χ0) is 26.2. The van der Waals surface area contributed by atoms with Gasteiger partial charge in [0.15, 0.2) is 0 Å². The van der Waals surface area contributed by atoms with Crippen molar-refractivity contribution in [2.45, 2.75) is 19.5 Å². The summed E-state index contributed by atoms with van der Waals surface area (Å²) in [6, 6.07) is 28.5. The molecule has 1 aliphatic rings. The highest BCUT2D eigenvalue weighted by molar-refractivity contribution is 6.30. The van der Waals surface area contributed by atoms with Crippen molar-refractivity contribution < 1.29 is 9.53 Å². The fourth-order valence-corrected chi connectivity index (χ4v) is 5.14. The van der Waals surface area contributed by atoms with Crippen LogP contribution in [0.15, 0.2) is 97.2 Å². The second-order valence-corrected chi connectivity index (χ2v) is 9.62. The van der Waals surface area contributed by atoms with E-state index in [0.29, 0.717) is 17.3 Å². The van der Waals surface area contributed by atoms with Crippen LogP contribution in [0.3, 0.4) is 0 Å². The lowest BCUT2D eigenvalue weighted by molar-refractivity contribution is 0.194. The molecule has 8 heteroatoms. The average molecular weight is 524 g/mol. The first kappa shape index (κ1) is 23.9. The van der Waals surface area contributed by atoms with Crippen LogP contribution in [0.25, 0.3) is 11.5 Å². The number of benzene rings is 3. The number of aryl methyl sites for hydroxylation is 1. The number of fused-ring (bicyclic) bond motifs is 3. The van der Waals surface area contributed by atoms with Gasteiger partial charge in [-0.3, -0.25) is 0 Å². The molecule has 0 saturated carbocycles. The molecule has 0 aliphatic carbocycles. The van der Waals surface area contributed by atoms with Crippen molar-refractivity contribution in [2.24, 2.45) is 0 Å². The number of para-hydroxylation sites is 1. The molecule has 1 atom stereocenters. The van der Waals surface area contributed by atoms with Gasteiger partial charge in [-0.1, -0.05) is 41.9 Å². The van der Waals surface area contributed by atoms with E-state index >= 15 is 0 Å². The Morgan fingerprint density at radius 2 is 1.71 bits per heavy atom. The minimum Gasteiger partial charge on any atom is -0.497 e.